The van der Waals surface area contributed by atoms with Crippen molar-refractivity contribution in [1.82, 2.24) is 4.90 Å². The van der Waals surface area contributed by atoms with Gasteiger partial charge in [0.2, 0.25) is 0 Å². The molecular formula is C22H23NO. The van der Waals surface area contributed by atoms with Crippen molar-refractivity contribution in [1.29, 1.82) is 0 Å². The molecular weight excluding hydrogens is 294 g/mol. The van der Waals surface area contributed by atoms with Gasteiger partial charge in [0.25, 0.3) is 0 Å². The molecule has 1 aliphatic carbocycles. The fourth-order valence-electron chi connectivity index (χ4n) is 3.89. The first-order valence-corrected chi connectivity index (χ1v) is 8.89. The second-order valence-corrected chi connectivity index (χ2v) is 6.95. The molecule has 0 aromatic heterocycles. The molecule has 1 aliphatic heterocycles. The normalized spacial score (nSPS) is 20.5. The number of rotatable bonds is 3. The van der Waals surface area contributed by atoms with Crippen molar-refractivity contribution < 1.29 is 4.79 Å². The molecule has 0 N–H and O–H groups in total. The van der Waals surface area contributed by atoms with Gasteiger partial charge >= 0.3 is 0 Å². The second kappa shape index (κ2) is 6.74. The molecule has 2 nitrogen and oxygen atoms in total. The summed E-state index contributed by atoms with van der Waals surface area (Å²) in [6, 6.07) is 18.7. The van der Waals surface area contributed by atoms with Crippen LogP contribution < -0.4 is 0 Å². The molecule has 1 heterocycles. The first-order chi connectivity index (χ1) is 11.8. The minimum atomic E-state index is 0.248. The van der Waals surface area contributed by atoms with Gasteiger partial charge in [0.05, 0.1) is 0 Å². The highest BCUT2D eigenvalue weighted by atomic mass is 16.1. The highest BCUT2D eigenvalue weighted by molar-refractivity contribution is 6.13. The topological polar surface area (TPSA) is 20.3 Å². The SMILES string of the molecule is O=C1C(=CC2CCN(Cc3ccccc3)CC2)Cc2ccccc21. The van der Waals surface area contributed by atoms with E-state index in [1.807, 2.05) is 18.2 Å². The predicted octanol–water partition coefficient (Wildman–Crippen LogP) is 4.26. The number of piperidine rings is 1. The summed E-state index contributed by atoms with van der Waals surface area (Å²) >= 11 is 0. The Morgan fingerprint density at radius 1 is 0.958 bits per heavy atom. The van der Waals surface area contributed by atoms with E-state index in [1.54, 1.807) is 0 Å². The number of nitrogens with zero attached hydrogens (tertiary/aromatic N) is 1. The van der Waals surface area contributed by atoms with Crippen molar-refractivity contribution in [3.63, 3.8) is 0 Å². The molecule has 0 unspecified atom stereocenters. The summed E-state index contributed by atoms with van der Waals surface area (Å²) in [6.07, 6.45) is 5.39. The highest BCUT2D eigenvalue weighted by Gasteiger charge is 2.26. The third-order valence-electron chi connectivity index (χ3n) is 5.25. The summed E-state index contributed by atoms with van der Waals surface area (Å²) in [5.74, 6) is 0.794. The van der Waals surface area contributed by atoms with Crippen LogP contribution in [0.15, 0.2) is 66.2 Å². The van der Waals surface area contributed by atoms with Crippen LogP contribution in [-0.2, 0) is 13.0 Å². The second-order valence-electron chi connectivity index (χ2n) is 6.95. The van der Waals surface area contributed by atoms with E-state index in [-0.39, 0.29) is 5.78 Å². The fourth-order valence-corrected chi connectivity index (χ4v) is 3.89. The molecule has 2 aromatic rings. The van der Waals surface area contributed by atoms with Gasteiger partial charge in [-0.25, -0.2) is 0 Å². The molecule has 2 aromatic carbocycles. The number of ketones is 1. The molecule has 1 fully saturated rings. The van der Waals surface area contributed by atoms with Crippen LogP contribution in [0, 0.1) is 5.92 Å². The molecule has 2 aliphatic rings. The van der Waals surface area contributed by atoms with Crippen LogP contribution in [0.3, 0.4) is 0 Å². The average molecular weight is 317 g/mol. The van der Waals surface area contributed by atoms with Gasteiger partial charge in [0.15, 0.2) is 5.78 Å². The number of likely N-dealkylation sites (tertiary alicyclic amines) is 1. The fraction of sp³-hybridized carbons (Fsp3) is 0.318. The quantitative estimate of drug-likeness (QED) is 0.788. The Balaban J connectivity index is 1.36. The van der Waals surface area contributed by atoms with Gasteiger partial charge in [-0.1, -0.05) is 60.7 Å². The minimum Gasteiger partial charge on any atom is -0.299 e. The zero-order valence-electron chi connectivity index (χ0n) is 13.9. The van der Waals surface area contributed by atoms with E-state index >= 15 is 0 Å². The van der Waals surface area contributed by atoms with Crippen LogP contribution in [0.4, 0.5) is 0 Å². The van der Waals surface area contributed by atoms with Gasteiger partial charge in [-0.2, -0.15) is 0 Å². The summed E-state index contributed by atoms with van der Waals surface area (Å²) in [6.45, 7) is 3.27. The van der Waals surface area contributed by atoms with E-state index in [4.69, 9.17) is 0 Å². The molecule has 1 saturated heterocycles. The minimum absolute atomic E-state index is 0.248. The van der Waals surface area contributed by atoms with E-state index in [0.29, 0.717) is 5.92 Å². The molecule has 0 saturated carbocycles. The maximum Gasteiger partial charge on any atom is 0.189 e. The van der Waals surface area contributed by atoms with Gasteiger partial charge in [-0.3, -0.25) is 9.69 Å². The Morgan fingerprint density at radius 2 is 1.67 bits per heavy atom. The Hall–Kier alpha value is -2.19. The first-order valence-electron chi connectivity index (χ1n) is 8.89. The first kappa shape index (κ1) is 15.3. The van der Waals surface area contributed by atoms with Gasteiger partial charge in [0, 0.05) is 24.1 Å². The third-order valence-corrected chi connectivity index (χ3v) is 5.25. The molecule has 0 spiro atoms. The Labute approximate surface area is 143 Å². The number of hydrogen-bond donors (Lipinski definition) is 0. The van der Waals surface area contributed by atoms with E-state index in [1.165, 1.54) is 11.1 Å². The van der Waals surface area contributed by atoms with Crippen molar-refractivity contribution in [3.05, 3.63) is 82.9 Å². The number of carbonyl (C=O) groups excluding carboxylic acids is 1. The number of benzene rings is 2. The number of Topliss-reactive ketones (excluding diaryl/α,β-unsaturated/α-hetero) is 1. The molecule has 0 bridgehead atoms. The van der Waals surface area contributed by atoms with E-state index in [0.717, 1.165) is 50.0 Å². The lowest BCUT2D eigenvalue weighted by atomic mass is 9.93. The molecule has 24 heavy (non-hydrogen) atoms. The monoisotopic (exact) mass is 317 g/mol. The van der Waals surface area contributed by atoms with E-state index < -0.39 is 0 Å². The Morgan fingerprint density at radius 3 is 2.42 bits per heavy atom. The van der Waals surface area contributed by atoms with Gasteiger partial charge in [-0.15, -0.1) is 0 Å². The smallest absolute Gasteiger partial charge is 0.189 e. The zero-order valence-corrected chi connectivity index (χ0v) is 13.9. The molecule has 2 heteroatoms. The van der Waals surface area contributed by atoms with E-state index in [9.17, 15) is 4.79 Å². The number of allylic oxidation sites excluding steroid dienone is 2. The van der Waals surface area contributed by atoms with Gasteiger partial charge in [0.1, 0.15) is 0 Å². The largest absolute Gasteiger partial charge is 0.299 e. The summed E-state index contributed by atoms with van der Waals surface area (Å²) in [7, 11) is 0. The summed E-state index contributed by atoms with van der Waals surface area (Å²) in [5, 5.41) is 0. The lowest BCUT2D eigenvalue weighted by Crippen LogP contribution is -2.32. The van der Waals surface area contributed by atoms with E-state index in [2.05, 4.69) is 47.4 Å². The molecule has 4 rings (SSSR count). The summed E-state index contributed by atoms with van der Waals surface area (Å²) < 4.78 is 0. The standard InChI is InChI=1S/C22H23NO/c24-22-20(15-19-8-4-5-9-21(19)22)14-17-10-12-23(13-11-17)16-18-6-2-1-3-7-18/h1-9,14,17H,10-13,15-16H2. The lowest BCUT2D eigenvalue weighted by molar-refractivity contribution is 0.103. The molecule has 0 atom stereocenters. The van der Waals surface area contributed by atoms with Gasteiger partial charge in [-0.05, 0) is 43.0 Å². The van der Waals surface area contributed by atoms with Crippen molar-refractivity contribution in [3.8, 4) is 0 Å². The number of carbonyl (C=O) groups is 1. The average Bonchev–Trinajstić information content (AvgIpc) is 2.94. The van der Waals surface area contributed by atoms with Gasteiger partial charge < -0.3 is 0 Å². The van der Waals surface area contributed by atoms with Crippen molar-refractivity contribution in [2.45, 2.75) is 25.8 Å². The van der Waals surface area contributed by atoms with Crippen LogP contribution in [0.5, 0.6) is 0 Å². The van der Waals surface area contributed by atoms with Crippen LogP contribution >= 0.6 is 0 Å². The van der Waals surface area contributed by atoms with Crippen LogP contribution in [0.2, 0.25) is 0 Å². The van der Waals surface area contributed by atoms with Crippen LogP contribution in [0.25, 0.3) is 0 Å². The van der Waals surface area contributed by atoms with Crippen molar-refractivity contribution in [2.75, 3.05) is 13.1 Å². The Bertz CT molecular complexity index is 755. The maximum atomic E-state index is 12.5. The molecule has 0 radical (unpaired) electrons. The molecule has 0 amide bonds. The van der Waals surface area contributed by atoms with Crippen molar-refractivity contribution >= 4 is 5.78 Å². The third kappa shape index (κ3) is 3.20. The lowest BCUT2D eigenvalue weighted by Gasteiger charge is -2.30. The maximum absolute atomic E-state index is 12.5. The molecule has 122 valence electrons. The summed E-state index contributed by atoms with van der Waals surface area (Å²) in [5.41, 5.74) is 4.49. The Kier molecular flexibility index (Phi) is 4.31. The number of fused-ring (bicyclic) bond motifs is 1. The van der Waals surface area contributed by atoms with Crippen LogP contribution in [0.1, 0.15) is 34.3 Å². The van der Waals surface area contributed by atoms with Crippen LogP contribution in [-0.4, -0.2) is 23.8 Å². The van der Waals surface area contributed by atoms with Crippen molar-refractivity contribution in [2.24, 2.45) is 5.92 Å². The predicted molar refractivity (Wildman–Crippen MR) is 97.0 cm³/mol. The summed E-state index contributed by atoms with van der Waals surface area (Å²) in [4.78, 5) is 15.0. The number of hydrogen-bond acceptors (Lipinski definition) is 2. The highest BCUT2D eigenvalue weighted by Crippen LogP contribution is 2.29. The zero-order chi connectivity index (χ0) is 16.4.